The summed E-state index contributed by atoms with van der Waals surface area (Å²) in [7, 11) is 0. The molecule has 0 aliphatic carbocycles. The molecule has 3 N–H and O–H groups in total. The summed E-state index contributed by atoms with van der Waals surface area (Å²) >= 11 is 0. The Hall–Kier alpha value is -2.24. The summed E-state index contributed by atoms with van der Waals surface area (Å²) in [4.78, 5) is 16.4. The lowest BCUT2D eigenvalue weighted by atomic mass is 9.87. The van der Waals surface area contributed by atoms with Gasteiger partial charge in [-0.3, -0.25) is 15.1 Å². The third-order valence-corrected chi connectivity index (χ3v) is 5.43. The lowest BCUT2D eigenvalue weighted by Gasteiger charge is -2.38. The molecule has 0 saturated carbocycles. The number of aryl methyl sites for hydroxylation is 1. The first kappa shape index (κ1) is 19.5. The van der Waals surface area contributed by atoms with Gasteiger partial charge in [0, 0.05) is 19.3 Å². The predicted molar refractivity (Wildman–Crippen MR) is 108 cm³/mol. The minimum atomic E-state index is -0.757. The van der Waals surface area contributed by atoms with Crippen molar-refractivity contribution in [2.75, 3.05) is 19.6 Å². The summed E-state index contributed by atoms with van der Waals surface area (Å²) in [5.41, 5.74) is 2.44. The van der Waals surface area contributed by atoms with Crippen LogP contribution in [-0.2, 0) is 10.5 Å². The molecule has 2 aromatic rings. The number of nitrogens with one attached hydrogen (secondary N) is 3. The smallest absolute Gasteiger partial charge is 0.218 e. The van der Waals surface area contributed by atoms with Gasteiger partial charge in [0.05, 0.1) is 0 Å². The molecule has 1 aromatic carbocycles. The fourth-order valence-corrected chi connectivity index (χ4v) is 4.03. The zero-order valence-electron chi connectivity index (χ0n) is 16.3. The quantitative estimate of drug-likeness (QED) is 0.659. The average molecular weight is 367 g/mol. The van der Waals surface area contributed by atoms with Gasteiger partial charge in [-0.1, -0.05) is 24.3 Å². The first-order valence-electron chi connectivity index (χ1n) is 9.83. The van der Waals surface area contributed by atoms with E-state index in [1.807, 2.05) is 24.3 Å². The molecule has 0 spiro atoms. The van der Waals surface area contributed by atoms with Gasteiger partial charge in [0.25, 0.3) is 0 Å². The molecule has 1 aliphatic heterocycles. The maximum atomic E-state index is 12.2. The molecule has 5 nitrogen and oxygen atoms in total. The van der Waals surface area contributed by atoms with E-state index in [4.69, 9.17) is 0 Å². The van der Waals surface area contributed by atoms with E-state index >= 15 is 0 Å². The zero-order valence-corrected chi connectivity index (χ0v) is 16.3. The molecule has 1 saturated heterocycles. The fraction of sp³-hybridized carbons (Fsp3) is 0.455. The van der Waals surface area contributed by atoms with Crippen LogP contribution in [0.1, 0.15) is 42.9 Å². The lowest BCUT2D eigenvalue weighted by Crippen LogP contribution is -2.57. The maximum absolute atomic E-state index is 12.2. The van der Waals surface area contributed by atoms with E-state index in [0.29, 0.717) is 0 Å². The number of hydrogen-bond acceptors (Lipinski definition) is 4. The minimum Gasteiger partial charge on any atom is -0.330 e. The van der Waals surface area contributed by atoms with E-state index in [1.165, 1.54) is 12.8 Å². The van der Waals surface area contributed by atoms with E-state index in [2.05, 4.69) is 40.0 Å². The fourth-order valence-electron chi connectivity index (χ4n) is 4.03. The van der Waals surface area contributed by atoms with E-state index in [1.54, 1.807) is 19.3 Å². The largest absolute Gasteiger partial charge is 0.330 e. The molecule has 2 heterocycles. The SMILES string of the molecule is CC(=O)NC(NCCC1CCNCC1)(c1ccncc1)c1ccccc1C. The van der Waals surface area contributed by atoms with Gasteiger partial charge in [-0.05, 0) is 80.6 Å². The van der Waals surface area contributed by atoms with Crippen molar-refractivity contribution >= 4 is 5.91 Å². The van der Waals surface area contributed by atoms with Gasteiger partial charge in [0.1, 0.15) is 5.66 Å². The van der Waals surface area contributed by atoms with Crippen molar-refractivity contribution < 1.29 is 4.79 Å². The number of carbonyl (C=O) groups excluding carboxylic acids is 1. The van der Waals surface area contributed by atoms with Crippen molar-refractivity contribution in [3.63, 3.8) is 0 Å². The molecule has 1 aromatic heterocycles. The highest BCUT2D eigenvalue weighted by molar-refractivity contribution is 5.75. The van der Waals surface area contributed by atoms with Crippen molar-refractivity contribution in [2.45, 2.75) is 38.8 Å². The van der Waals surface area contributed by atoms with Crippen molar-refractivity contribution in [1.29, 1.82) is 0 Å². The van der Waals surface area contributed by atoms with Crippen molar-refractivity contribution in [3.8, 4) is 0 Å². The molecule has 1 atom stereocenters. The van der Waals surface area contributed by atoms with Crippen LogP contribution in [0.2, 0.25) is 0 Å². The predicted octanol–water partition coefficient (Wildman–Crippen LogP) is 2.71. The molecule has 0 bridgehead atoms. The topological polar surface area (TPSA) is 66.1 Å². The summed E-state index contributed by atoms with van der Waals surface area (Å²) in [5.74, 6) is 0.660. The number of carbonyl (C=O) groups is 1. The minimum absolute atomic E-state index is 0.0653. The monoisotopic (exact) mass is 366 g/mol. The molecular formula is C22H30N4O. The van der Waals surface area contributed by atoms with Gasteiger partial charge in [-0.15, -0.1) is 0 Å². The van der Waals surface area contributed by atoms with E-state index < -0.39 is 5.66 Å². The second-order valence-corrected chi connectivity index (χ2v) is 7.39. The summed E-state index contributed by atoms with van der Waals surface area (Å²) in [6.45, 7) is 6.69. The van der Waals surface area contributed by atoms with E-state index in [-0.39, 0.29) is 5.91 Å². The molecule has 1 amide bonds. The van der Waals surface area contributed by atoms with Gasteiger partial charge in [0.2, 0.25) is 5.91 Å². The molecule has 3 rings (SSSR count). The van der Waals surface area contributed by atoms with Crippen LogP contribution >= 0.6 is 0 Å². The third kappa shape index (κ3) is 4.73. The molecule has 144 valence electrons. The van der Waals surface area contributed by atoms with Gasteiger partial charge in [-0.2, -0.15) is 0 Å². The maximum Gasteiger partial charge on any atom is 0.218 e. The Balaban J connectivity index is 1.93. The van der Waals surface area contributed by atoms with E-state index in [0.717, 1.165) is 48.7 Å². The number of benzene rings is 1. The Kier molecular flexibility index (Phi) is 6.58. The summed E-state index contributed by atoms with van der Waals surface area (Å²) in [6.07, 6.45) is 7.08. The highest BCUT2D eigenvalue weighted by Gasteiger charge is 2.36. The highest BCUT2D eigenvalue weighted by atomic mass is 16.1. The Labute approximate surface area is 162 Å². The van der Waals surface area contributed by atoms with Crippen LogP contribution in [0.25, 0.3) is 0 Å². The number of amides is 1. The third-order valence-electron chi connectivity index (χ3n) is 5.43. The van der Waals surface area contributed by atoms with Crippen LogP contribution < -0.4 is 16.0 Å². The summed E-state index contributed by atoms with van der Waals surface area (Å²) in [6, 6.07) is 12.2. The average Bonchev–Trinajstić information content (AvgIpc) is 2.69. The number of nitrogens with zero attached hydrogens (tertiary/aromatic N) is 1. The van der Waals surface area contributed by atoms with Crippen LogP contribution in [0.5, 0.6) is 0 Å². The standard InChI is InChI=1S/C22H30N4O/c1-17-5-3-4-6-21(17)22(26-18(2)27,20-10-14-24-15-11-20)25-16-9-19-7-12-23-13-8-19/h3-6,10-11,14-15,19,23,25H,7-9,12-13,16H2,1-2H3,(H,26,27). The molecule has 1 fully saturated rings. The molecule has 5 heteroatoms. The van der Waals surface area contributed by atoms with Crippen LogP contribution in [-0.4, -0.2) is 30.5 Å². The van der Waals surface area contributed by atoms with Gasteiger partial charge < -0.3 is 10.6 Å². The Morgan fingerprint density at radius 3 is 2.56 bits per heavy atom. The second-order valence-electron chi connectivity index (χ2n) is 7.39. The van der Waals surface area contributed by atoms with Crippen molar-refractivity contribution in [3.05, 3.63) is 65.5 Å². The molecule has 27 heavy (non-hydrogen) atoms. The second kappa shape index (κ2) is 9.11. The molecule has 1 unspecified atom stereocenters. The van der Waals surface area contributed by atoms with Gasteiger partial charge >= 0.3 is 0 Å². The molecule has 1 aliphatic rings. The van der Waals surface area contributed by atoms with Crippen LogP contribution in [0, 0.1) is 12.8 Å². The number of pyridine rings is 1. The van der Waals surface area contributed by atoms with Crippen molar-refractivity contribution in [2.24, 2.45) is 5.92 Å². The summed E-state index contributed by atoms with van der Waals surface area (Å²) < 4.78 is 0. The first-order valence-corrected chi connectivity index (χ1v) is 9.83. The Bertz CT molecular complexity index is 743. The molecule has 0 radical (unpaired) electrons. The van der Waals surface area contributed by atoms with Crippen LogP contribution in [0.3, 0.4) is 0 Å². The van der Waals surface area contributed by atoms with Gasteiger partial charge in [0.15, 0.2) is 0 Å². The Morgan fingerprint density at radius 2 is 1.89 bits per heavy atom. The van der Waals surface area contributed by atoms with Crippen LogP contribution in [0.4, 0.5) is 0 Å². The Morgan fingerprint density at radius 1 is 1.19 bits per heavy atom. The van der Waals surface area contributed by atoms with E-state index in [9.17, 15) is 4.79 Å². The van der Waals surface area contributed by atoms with Gasteiger partial charge in [-0.25, -0.2) is 0 Å². The zero-order chi connectivity index (χ0) is 19.1. The number of rotatable bonds is 7. The molecular weight excluding hydrogens is 336 g/mol. The lowest BCUT2D eigenvalue weighted by molar-refractivity contribution is -0.120. The van der Waals surface area contributed by atoms with Crippen molar-refractivity contribution in [1.82, 2.24) is 20.9 Å². The number of piperidine rings is 1. The number of hydrogen-bond donors (Lipinski definition) is 3. The van der Waals surface area contributed by atoms with Crippen LogP contribution in [0.15, 0.2) is 48.8 Å². The summed E-state index contributed by atoms with van der Waals surface area (Å²) in [5, 5.41) is 10.3. The number of aromatic nitrogens is 1. The first-order chi connectivity index (χ1) is 13.1. The highest BCUT2D eigenvalue weighted by Crippen LogP contribution is 2.30. The normalized spacial score (nSPS) is 17.3.